The van der Waals surface area contributed by atoms with Crippen LogP contribution in [0, 0.1) is 46.3 Å². The van der Waals surface area contributed by atoms with E-state index in [1.54, 1.807) is 5.57 Å². The van der Waals surface area contributed by atoms with Gasteiger partial charge in [-0.2, -0.15) is 0 Å². The third-order valence-electron chi connectivity index (χ3n) is 17.3. The predicted octanol–water partition coefficient (Wildman–Crippen LogP) is 14.8. The number of nitrogens with zero attached hydrogens (tertiary/aromatic N) is 1. The first-order chi connectivity index (χ1) is 31.2. The van der Waals surface area contributed by atoms with E-state index in [0.29, 0.717) is 56.1 Å². The number of allylic oxidation sites excluding steroid dienone is 5. The van der Waals surface area contributed by atoms with Gasteiger partial charge in [-0.05, 0) is 150 Å². The molecule has 0 N–H and O–H groups in total. The van der Waals surface area contributed by atoms with Gasteiger partial charge in [-0.1, -0.05) is 135 Å². The van der Waals surface area contributed by atoms with Gasteiger partial charge in [0.15, 0.2) is 0 Å². The number of ether oxygens (including phenoxy) is 5. The highest BCUT2D eigenvalue weighted by molar-refractivity contribution is 5.25. The van der Waals surface area contributed by atoms with E-state index in [1.807, 2.05) is 0 Å². The van der Waals surface area contributed by atoms with Gasteiger partial charge in [-0.25, -0.2) is 0 Å². The molecule has 1 aliphatic heterocycles. The zero-order valence-electron chi connectivity index (χ0n) is 43.1. The summed E-state index contributed by atoms with van der Waals surface area (Å²) in [5, 5.41) is 0. The number of hydrogen-bond acceptors (Lipinski definition) is 6. The normalized spacial score (nSPS) is 30.6. The second kappa shape index (κ2) is 29.8. The van der Waals surface area contributed by atoms with Crippen molar-refractivity contribution in [2.24, 2.45) is 46.3 Å². The van der Waals surface area contributed by atoms with E-state index in [-0.39, 0.29) is 6.10 Å². The fourth-order valence-corrected chi connectivity index (χ4v) is 13.6. The van der Waals surface area contributed by atoms with Crippen LogP contribution in [-0.2, 0) is 23.7 Å². The van der Waals surface area contributed by atoms with Gasteiger partial charge in [0.2, 0.25) is 0 Å². The minimum absolute atomic E-state index is 0.0564. The maximum atomic E-state index is 6.53. The Kier molecular flexibility index (Phi) is 25.1. The first-order valence-corrected chi connectivity index (χ1v) is 27.9. The van der Waals surface area contributed by atoms with Crippen LogP contribution in [0.1, 0.15) is 203 Å². The Hall–Kier alpha value is -1.02. The first-order valence-electron chi connectivity index (χ1n) is 27.9. The molecular formula is C58H103NO5. The van der Waals surface area contributed by atoms with Crippen molar-refractivity contribution in [1.29, 1.82) is 0 Å². The Morgan fingerprint density at radius 1 is 0.703 bits per heavy atom. The highest BCUT2D eigenvalue weighted by Crippen LogP contribution is 2.67. The third-order valence-corrected chi connectivity index (χ3v) is 17.3. The molecule has 4 aliphatic carbocycles. The molecule has 0 radical (unpaired) electrons. The van der Waals surface area contributed by atoms with Crippen LogP contribution in [0.4, 0.5) is 0 Å². The van der Waals surface area contributed by atoms with Crippen molar-refractivity contribution in [1.82, 2.24) is 4.90 Å². The Morgan fingerprint density at radius 3 is 2.25 bits per heavy atom. The standard InChI is InChI=1S/C58H103NO5/c1-8-10-11-12-13-14-15-16-17-18-19-20-21-22-23-24-38-61-46-52(45-59-37-34-51(44-59)62-9-2)64-42-40-60-39-41-63-50-32-35-57(6)49(43-50)28-29-53-55-31-30-54(48(5)27-25-26-47(3)4)58(55,7)36-33-56(53)57/h13-14,16-17,28,47-48,50-56H,8-12,15,18-27,29-46H2,1-7H3/b14-13-,17-16-/t48-,50?,51?,52?,53?,54?,55?,56?,57?,58?/m1/s1. The van der Waals surface area contributed by atoms with Crippen molar-refractivity contribution in [3.63, 3.8) is 0 Å². The van der Waals surface area contributed by atoms with E-state index < -0.39 is 0 Å². The van der Waals surface area contributed by atoms with Crippen molar-refractivity contribution in [2.75, 3.05) is 65.9 Å². The largest absolute Gasteiger partial charge is 0.379 e. The molecule has 0 spiro atoms. The van der Waals surface area contributed by atoms with E-state index >= 15 is 0 Å². The van der Waals surface area contributed by atoms with Gasteiger partial charge >= 0.3 is 0 Å². The summed E-state index contributed by atoms with van der Waals surface area (Å²) in [6.07, 6.45) is 44.1. The fraction of sp³-hybridized carbons (Fsp3) is 0.897. The summed E-state index contributed by atoms with van der Waals surface area (Å²) in [5.41, 5.74) is 2.66. The van der Waals surface area contributed by atoms with Crippen LogP contribution in [-0.4, -0.2) is 89.1 Å². The maximum absolute atomic E-state index is 6.53. The topological polar surface area (TPSA) is 49.4 Å². The molecule has 0 bridgehead atoms. The van der Waals surface area contributed by atoms with Crippen LogP contribution >= 0.6 is 0 Å². The van der Waals surface area contributed by atoms with Crippen molar-refractivity contribution in [2.45, 2.75) is 221 Å². The van der Waals surface area contributed by atoms with Gasteiger partial charge in [0.25, 0.3) is 0 Å². The summed E-state index contributed by atoms with van der Waals surface area (Å²) in [7, 11) is 0. The van der Waals surface area contributed by atoms with E-state index in [2.05, 4.69) is 83.7 Å². The molecule has 0 aromatic heterocycles. The van der Waals surface area contributed by atoms with E-state index in [4.69, 9.17) is 23.7 Å². The maximum Gasteiger partial charge on any atom is 0.0936 e. The summed E-state index contributed by atoms with van der Waals surface area (Å²) in [5.74, 6) is 5.33. The second-order valence-corrected chi connectivity index (χ2v) is 22.4. The smallest absolute Gasteiger partial charge is 0.0936 e. The highest BCUT2D eigenvalue weighted by atomic mass is 16.6. The molecule has 6 heteroatoms. The summed E-state index contributed by atoms with van der Waals surface area (Å²) < 4.78 is 31.2. The zero-order valence-corrected chi connectivity index (χ0v) is 43.1. The summed E-state index contributed by atoms with van der Waals surface area (Å²) in [4.78, 5) is 2.49. The molecule has 0 aromatic rings. The molecule has 6 nitrogen and oxygen atoms in total. The van der Waals surface area contributed by atoms with Crippen LogP contribution in [0.3, 0.4) is 0 Å². The zero-order chi connectivity index (χ0) is 45.5. The summed E-state index contributed by atoms with van der Waals surface area (Å²) in [6, 6.07) is 0. The van der Waals surface area contributed by atoms with Gasteiger partial charge < -0.3 is 23.7 Å². The van der Waals surface area contributed by atoms with Crippen LogP contribution < -0.4 is 0 Å². The number of likely N-dealkylation sites (tertiary alicyclic amines) is 1. The molecule has 9 unspecified atom stereocenters. The average Bonchev–Trinajstić information content (AvgIpc) is 3.88. The van der Waals surface area contributed by atoms with Crippen molar-refractivity contribution >= 4 is 0 Å². The Balaban J connectivity index is 0.929. The van der Waals surface area contributed by atoms with Crippen LogP contribution in [0.5, 0.6) is 0 Å². The first kappa shape index (κ1) is 53.9. The minimum atomic E-state index is 0.0564. The van der Waals surface area contributed by atoms with E-state index in [9.17, 15) is 0 Å². The van der Waals surface area contributed by atoms with Crippen LogP contribution in [0.15, 0.2) is 36.0 Å². The Morgan fingerprint density at radius 2 is 1.47 bits per heavy atom. The molecule has 1 saturated heterocycles. The molecule has 10 atom stereocenters. The van der Waals surface area contributed by atoms with Gasteiger partial charge in [-0.15, -0.1) is 0 Å². The van der Waals surface area contributed by atoms with Gasteiger partial charge in [-0.3, -0.25) is 4.90 Å². The number of rotatable bonds is 34. The molecule has 5 rings (SSSR count). The molecule has 0 amide bonds. The molecule has 0 aromatic carbocycles. The number of fused-ring (bicyclic) bond motifs is 5. The van der Waals surface area contributed by atoms with Crippen LogP contribution in [0.25, 0.3) is 0 Å². The van der Waals surface area contributed by atoms with Gasteiger partial charge in [0.1, 0.15) is 0 Å². The van der Waals surface area contributed by atoms with E-state index in [1.165, 1.54) is 128 Å². The minimum Gasteiger partial charge on any atom is -0.379 e. The van der Waals surface area contributed by atoms with Crippen molar-refractivity contribution < 1.29 is 23.7 Å². The molecule has 370 valence electrons. The summed E-state index contributed by atoms with van der Waals surface area (Å²) >= 11 is 0. The lowest BCUT2D eigenvalue weighted by molar-refractivity contribution is -0.0733. The quantitative estimate of drug-likeness (QED) is 0.0474. The SMILES string of the molecule is CCCCC/C=C\C/C=C\CCCCCCCCOCC(CN1CCC(OCC)C1)OCCOCCOC1CCC2(C)C(=CCC3C2CCC2(C)C3CCC2[C@H](C)CCCC(C)C)C1. The molecular weight excluding hydrogens is 791 g/mol. The Labute approximate surface area is 396 Å². The molecule has 1 heterocycles. The number of unbranched alkanes of at least 4 members (excludes halogenated alkanes) is 9. The highest BCUT2D eigenvalue weighted by Gasteiger charge is 2.59. The lowest BCUT2D eigenvalue weighted by atomic mass is 9.47. The lowest BCUT2D eigenvalue weighted by Gasteiger charge is -2.58. The average molecular weight is 894 g/mol. The fourth-order valence-electron chi connectivity index (χ4n) is 13.6. The number of hydrogen-bond donors (Lipinski definition) is 0. The molecule has 5 aliphatic rings. The molecule has 64 heavy (non-hydrogen) atoms. The predicted molar refractivity (Wildman–Crippen MR) is 270 cm³/mol. The monoisotopic (exact) mass is 894 g/mol. The van der Waals surface area contributed by atoms with Crippen LogP contribution in [0.2, 0.25) is 0 Å². The Bertz CT molecular complexity index is 1330. The van der Waals surface area contributed by atoms with Gasteiger partial charge in [0.05, 0.1) is 51.3 Å². The molecule has 4 fully saturated rings. The van der Waals surface area contributed by atoms with E-state index in [0.717, 1.165) is 94.0 Å². The lowest BCUT2D eigenvalue weighted by Crippen LogP contribution is -2.51. The van der Waals surface area contributed by atoms with Crippen molar-refractivity contribution in [3.8, 4) is 0 Å². The third kappa shape index (κ3) is 17.2. The van der Waals surface area contributed by atoms with Crippen molar-refractivity contribution in [3.05, 3.63) is 36.0 Å². The second-order valence-electron chi connectivity index (χ2n) is 22.4. The summed E-state index contributed by atoms with van der Waals surface area (Å²) in [6.45, 7) is 24.8. The molecule has 3 saturated carbocycles. The van der Waals surface area contributed by atoms with Gasteiger partial charge in [0, 0.05) is 32.8 Å².